The summed E-state index contributed by atoms with van der Waals surface area (Å²) in [6.45, 7) is 2.72. The molecule has 0 aliphatic heterocycles. The third-order valence-corrected chi connectivity index (χ3v) is 3.24. The quantitative estimate of drug-likeness (QED) is 0.879. The fraction of sp³-hybridized carbons (Fsp3) is 0.357. The number of benzene rings is 1. The van der Waals surface area contributed by atoms with E-state index < -0.39 is 0 Å². The Morgan fingerprint density at radius 1 is 1.35 bits per heavy atom. The molecule has 0 atom stereocenters. The van der Waals surface area contributed by atoms with Crippen molar-refractivity contribution in [2.24, 2.45) is 0 Å². The summed E-state index contributed by atoms with van der Waals surface area (Å²) < 4.78 is 6.15. The average Bonchev–Trinajstić information content (AvgIpc) is 2.92. The summed E-state index contributed by atoms with van der Waals surface area (Å²) in [5.41, 5.74) is 0.888. The Bertz CT molecular complexity index is 566. The van der Waals surface area contributed by atoms with Crippen LogP contribution >= 0.6 is 15.9 Å². The van der Waals surface area contributed by atoms with Crippen LogP contribution in [-0.4, -0.2) is 22.6 Å². The molecular formula is C14H16BrN3O2. The van der Waals surface area contributed by atoms with E-state index in [-0.39, 0.29) is 5.91 Å². The van der Waals surface area contributed by atoms with Gasteiger partial charge in [-0.05, 0) is 30.7 Å². The molecule has 0 radical (unpaired) electrons. The van der Waals surface area contributed by atoms with Crippen LogP contribution in [0.25, 0.3) is 11.4 Å². The van der Waals surface area contributed by atoms with Crippen molar-refractivity contribution in [1.29, 1.82) is 0 Å². The van der Waals surface area contributed by atoms with Crippen LogP contribution in [0.4, 0.5) is 0 Å². The third-order valence-electron chi connectivity index (χ3n) is 2.71. The van der Waals surface area contributed by atoms with Gasteiger partial charge in [0.1, 0.15) is 0 Å². The highest BCUT2D eigenvalue weighted by Gasteiger charge is 2.10. The van der Waals surface area contributed by atoms with Crippen LogP contribution in [0, 0.1) is 0 Å². The van der Waals surface area contributed by atoms with Crippen LogP contribution in [-0.2, 0) is 11.2 Å². The van der Waals surface area contributed by atoms with Crippen molar-refractivity contribution in [3.05, 3.63) is 34.6 Å². The van der Waals surface area contributed by atoms with Crippen molar-refractivity contribution in [3.8, 4) is 11.4 Å². The smallest absolute Gasteiger partial charge is 0.227 e. The van der Waals surface area contributed by atoms with Crippen LogP contribution in [0.1, 0.15) is 25.7 Å². The zero-order chi connectivity index (χ0) is 14.4. The van der Waals surface area contributed by atoms with E-state index in [2.05, 4.69) is 31.4 Å². The topological polar surface area (TPSA) is 68.0 Å². The van der Waals surface area contributed by atoms with E-state index in [9.17, 15) is 4.79 Å². The lowest BCUT2D eigenvalue weighted by Gasteiger charge is -2.00. The lowest BCUT2D eigenvalue weighted by Crippen LogP contribution is -2.24. The van der Waals surface area contributed by atoms with Crippen molar-refractivity contribution in [2.75, 3.05) is 6.54 Å². The summed E-state index contributed by atoms with van der Waals surface area (Å²) in [6, 6.07) is 7.66. The number of nitrogens with zero attached hydrogens (tertiary/aromatic N) is 2. The number of carbonyl (C=O) groups excluding carboxylic acids is 1. The van der Waals surface area contributed by atoms with Crippen LogP contribution in [0.2, 0.25) is 0 Å². The second-order valence-electron chi connectivity index (χ2n) is 4.37. The molecule has 1 heterocycles. The van der Waals surface area contributed by atoms with Gasteiger partial charge in [0.05, 0.1) is 0 Å². The van der Waals surface area contributed by atoms with Crippen molar-refractivity contribution < 1.29 is 9.32 Å². The van der Waals surface area contributed by atoms with Gasteiger partial charge in [0.25, 0.3) is 0 Å². The zero-order valence-electron chi connectivity index (χ0n) is 11.2. The maximum Gasteiger partial charge on any atom is 0.227 e. The summed E-state index contributed by atoms with van der Waals surface area (Å²) in [5, 5.41) is 6.74. The Morgan fingerprint density at radius 2 is 2.10 bits per heavy atom. The monoisotopic (exact) mass is 337 g/mol. The first-order chi connectivity index (χ1) is 9.69. The number of aryl methyl sites for hydroxylation is 1. The number of amides is 1. The first-order valence-corrected chi connectivity index (χ1v) is 7.33. The number of nitrogens with one attached hydrogen (secondary N) is 1. The van der Waals surface area contributed by atoms with Crippen LogP contribution < -0.4 is 5.32 Å². The summed E-state index contributed by atoms with van der Waals surface area (Å²) in [5.74, 6) is 1.03. The normalized spacial score (nSPS) is 10.5. The summed E-state index contributed by atoms with van der Waals surface area (Å²) in [7, 11) is 0. The van der Waals surface area contributed by atoms with E-state index in [1.165, 1.54) is 0 Å². The van der Waals surface area contributed by atoms with E-state index >= 15 is 0 Å². The molecule has 0 bridgehead atoms. The standard InChI is InChI=1S/C14H16BrN3O2/c1-2-9-16-12(19)7-8-13-17-14(18-20-13)10-3-5-11(15)6-4-10/h3-6H,2,7-9H2,1H3,(H,16,19). The molecule has 2 aromatic rings. The molecule has 1 N–H and O–H groups in total. The minimum atomic E-state index is 0.00948. The summed E-state index contributed by atoms with van der Waals surface area (Å²) in [4.78, 5) is 15.8. The number of hydrogen-bond donors (Lipinski definition) is 1. The van der Waals surface area contributed by atoms with Gasteiger partial charge in [-0.25, -0.2) is 0 Å². The third kappa shape index (κ3) is 4.16. The highest BCUT2D eigenvalue weighted by atomic mass is 79.9. The lowest BCUT2D eigenvalue weighted by atomic mass is 10.2. The predicted molar refractivity (Wildman–Crippen MR) is 79.1 cm³/mol. The van der Waals surface area contributed by atoms with Gasteiger partial charge in [0.2, 0.25) is 17.6 Å². The first kappa shape index (κ1) is 14.7. The number of hydrogen-bond acceptors (Lipinski definition) is 4. The molecule has 20 heavy (non-hydrogen) atoms. The molecule has 0 aliphatic rings. The molecule has 1 aromatic heterocycles. The minimum absolute atomic E-state index is 0.00948. The van der Waals surface area contributed by atoms with E-state index in [4.69, 9.17) is 4.52 Å². The Kier molecular flexibility index (Phi) is 5.29. The van der Waals surface area contributed by atoms with Gasteiger partial charge in [-0.1, -0.05) is 28.0 Å². The number of rotatable bonds is 6. The fourth-order valence-electron chi connectivity index (χ4n) is 1.65. The molecular weight excluding hydrogens is 322 g/mol. The molecule has 0 saturated carbocycles. The van der Waals surface area contributed by atoms with E-state index in [0.717, 1.165) is 16.5 Å². The maximum absolute atomic E-state index is 11.5. The van der Waals surface area contributed by atoms with Gasteiger partial charge in [-0.15, -0.1) is 0 Å². The molecule has 5 nitrogen and oxygen atoms in total. The maximum atomic E-state index is 11.5. The molecule has 6 heteroatoms. The Morgan fingerprint density at radius 3 is 2.80 bits per heavy atom. The number of aromatic nitrogens is 2. The van der Waals surface area contributed by atoms with Gasteiger partial charge in [0.15, 0.2) is 0 Å². The van der Waals surface area contributed by atoms with Gasteiger partial charge in [0, 0.05) is 29.4 Å². The molecule has 106 valence electrons. The Hall–Kier alpha value is -1.69. The highest BCUT2D eigenvalue weighted by molar-refractivity contribution is 9.10. The van der Waals surface area contributed by atoms with Gasteiger partial charge in [-0.3, -0.25) is 4.79 Å². The van der Waals surface area contributed by atoms with Crippen LogP contribution in [0.3, 0.4) is 0 Å². The largest absolute Gasteiger partial charge is 0.356 e. The second kappa shape index (κ2) is 7.19. The van der Waals surface area contributed by atoms with E-state index in [1.54, 1.807) is 0 Å². The van der Waals surface area contributed by atoms with Crippen molar-refractivity contribution in [1.82, 2.24) is 15.5 Å². The molecule has 0 aliphatic carbocycles. The predicted octanol–water partition coefficient (Wildman–Crippen LogP) is 2.96. The van der Waals surface area contributed by atoms with Gasteiger partial charge >= 0.3 is 0 Å². The molecule has 1 amide bonds. The first-order valence-electron chi connectivity index (χ1n) is 6.54. The second-order valence-corrected chi connectivity index (χ2v) is 5.28. The number of carbonyl (C=O) groups is 1. The van der Waals surface area contributed by atoms with Crippen molar-refractivity contribution >= 4 is 21.8 Å². The van der Waals surface area contributed by atoms with Crippen LogP contribution in [0.15, 0.2) is 33.3 Å². The lowest BCUT2D eigenvalue weighted by molar-refractivity contribution is -0.121. The van der Waals surface area contributed by atoms with E-state index in [1.807, 2.05) is 31.2 Å². The molecule has 0 fully saturated rings. The Labute approximate surface area is 125 Å². The number of halogens is 1. The Balaban J connectivity index is 1.92. The molecule has 0 unspecified atom stereocenters. The molecule has 0 spiro atoms. The highest BCUT2D eigenvalue weighted by Crippen LogP contribution is 2.19. The zero-order valence-corrected chi connectivity index (χ0v) is 12.8. The van der Waals surface area contributed by atoms with Crippen LogP contribution in [0.5, 0.6) is 0 Å². The molecule has 1 aromatic carbocycles. The molecule has 0 saturated heterocycles. The molecule has 2 rings (SSSR count). The average molecular weight is 338 g/mol. The summed E-state index contributed by atoms with van der Waals surface area (Å²) >= 11 is 3.38. The summed E-state index contributed by atoms with van der Waals surface area (Å²) in [6.07, 6.45) is 1.75. The van der Waals surface area contributed by atoms with E-state index in [0.29, 0.717) is 31.1 Å². The minimum Gasteiger partial charge on any atom is -0.356 e. The van der Waals surface area contributed by atoms with Gasteiger partial charge in [-0.2, -0.15) is 4.98 Å². The van der Waals surface area contributed by atoms with Gasteiger partial charge < -0.3 is 9.84 Å². The van der Waals surface area contributed by atoms with Crippen molar-refractivity contribution in [2.45, 2.75) is 26.2 Å². The SMILES string of the molecule is CCCNC(=O)CCc1nc(-c2ccc(Br)cc2)no1. The van der Waals surface area contributed by atoms with Crippen molar-refractivity contribution in [3.63, 3.8) is 0 Å². The fourth-order valence-corrected chi connectivity index (χ4v) is 1.91.